The zero-order valence-corrected chi connectivity index (χ0v) is 29.8. The third-order valence-corrected chi connectivity index (χ3v) is 11.3. The highest BCUT2D eigenvalue weighted by Gasteiger charge is 2.38. The van der Waals surface area contributed by atoms with E-state index in [1.807, 2.05) is 54.6 Å². The molecule has 52 heavy (non-hydrogen) atoms. The lowest BCUT2D eigenvalue weighted by atomic mass is 9.63. The van der Waals surface area contributed by atoms with E-state index in [1.165, 1.54) is 45.8 Å². The second-order valence-corrected chi connectivity index (χ2v) is 15.6. The maximum atomic E-state index is 6.26. The number of para-hydroxylation sites is 2. The van der Waals surface area contributed by atoms with Crippen LogP contribution in [-0.2, 0) is 10.8 Å². The molecule has 0 fully saturated rings. The minimum absolute atomic E-state index is 0.0999. The minimum Gasteiger partial charge on any atom is -0.456 e. The van der Waals surface area contributed by atoms with Crippen LogP contribution in [0.4, 0.5) is 0 Å². The molecule has 0 atom stereocenters. The van der Waals surface area contributed by atoms with Gasteiger partial charge in [-0.3, -0.25) is 0 Å². The first-order chi connectivity index (χ1) is 25.2. The first-order valence-corrected chi connectivity index (χ1v) is 18.2. The summed E-state index contributed by atoms with van der Waals surface area (Å²) < 4.78 is 8.68. The van der Waals surface area contributed by atoms with E-state index in [4.69, 9.17) is 19.4 Å². The van der Waals surface area contributed by atoms with Crippen molar-refractivity contribution in [1.82, 2.24) is 19.5 Å². The average Bonchev–Trinajstić information content (AvgIpc) is 3.71. The molecular weight excluding hydrogens is 637 g/mol. The summed E-state index contributed by atoms with van der Waals surface area (Å²) in [6.07, 6.45) is 2.35. The fourth-order valence-corrected chi connectivity index (χ4v) is 8.31. The van der Waals surface area contributed by atoms with E-state index >= 15 is 0 Å². The molecule has 10 rings (SSSR count). The topological polar surface area (TPSA) is 56.7 Å². The molecule has 1 aliphatic carbocycles. The molecule has 5 heteroatoms. The number of rotatable bonds is 4. The standard InChI is InChI=1S/C47H38N4O/c1-46(2)23-24-47(3,4)38-28-40-36(27-37(38)46)33-17-8-10-19-39(33)51(40)32-16-12-15-30(25-32)44-48-43(29-13-6-5-7-14-29)49-45(50-44)31-21-22-35-34-18-9-11-20-41(34)52-42(35)26-31/h5-22,25-28H,23-24H2,1-4H3. The van der Waals surface area contributed by atoms with Crippen LogP contribution in [0.3, 0.4) is 0 Å². The number of nitrogens with zero attached hydrogens (tertiary/aromatic N) is 4. The molecule has 1 aliphatic rings. The minimum atomic E-state index is 0.0999. The summed E-state index contributed by atoms with van der Waals surface area (Å²) in [4.78, 5) is 15.2. The van der Waals surface area contributed by atoms with Gasteiger partial charge in [0.25, 0.3) is 0 Å². The molecular formula is C47H38N4O. The number of fused-ring (bicyclic) bond motifs is 7. The zero-order valence-electron chi connectivity index (χ0n) is 29.8. The molecule has 6 aromatic carbocycles. The Morgan fingerprint density at radius 1 is 0.462 bits per heavy atom. The van der Waals surface area contributed by atoms with Crippen molar-refractivity contribution in [1.29, 1.82) is 0 Å². The molecule has 3 heterocycles. The van der Waals surface area contributed by atoms with Crippen molar-refractivity contribution in [2.45, 2.75) is 51.4 Å². The van der Waals surface area contributed by atoms with E-state index in [9.17, 15) is 0 Å². The summed E-state index contributed by atoms with van der Waals surface area (Å²) >= 11 is 0. The number of benzene rings is 6. The van der Waals surface area contributed by atoms with Crippen molar-refractivity contribution < 1.29 is 4.42 Å². The van der Waals surface area contributed by atoms with E-state index < -0.39 is 0 Å². The van der Waals surface area contributed by atoms with Gasteiger partial charge in [0.1, 0.15) is 11.2 Å². The van der Waals surface area contributed by atoms with Crippen molar-refractivity contribution in [2.75, 3.05) is 0 Å². The van der Waals surface area contributed by atoms with Crippen LogP contribution in [-0.4, -0.2) is 19.5 Å². The Kier molecular flexibility index (Phi) is 6.63. The summed E-state index contributed by atoms with van der Waals surface area (Å²) in [7, 11) is 0. The first kappa shape index (κ1) is 30.7. The van der Waals surface area contributed by atoms with Crippen molar-refractivity contribution in [3.8, 4) is 39.9 Å². The second-order valence-electron chi connectivity index (χ2n) is 15.6. The normalized spacial score (nSPS) is 15.1. The Morgan fingerprint density at radius 2 is 1.06 bits per heavy atom. The van der Waals surface area contributed by atoms with Gasteiger partial charge in [0.2, 0.25) is 0 Å². The van der Waals surface area contributed by atoms with Gasteiger partial charge in [-0.25, -0.2) is 15.0 Å². The maximum Gasteiger partial charge on any atom is 0.164 e. The third-order valence-electron chi connectivity index (χ3n) is 11.3. The monoisotopic (exact) mass is 674 g/mol. The molecule has 0 amide bonds. The van der Waals surface area contributed by atoms with Crippen LogP contribution in [0.2, 0.25) is 0 Å². The van der Waals surface area contributed by atoms with E-state index in [0.717, 1.165) is 44.3 Å². The molecule has 0 saturated heterocycles. The predicted octanol–water partition coefficient (Wildman–Crippen LogP) is 12.2. The lowest BCUT2D eigenvalue weighted by Gasteiger charge is -2.42. The second kappa shape index (κ2) is 11.2. The van der Waals surface area contributed by atoms with Gasteiger partial charge in [-0.2, -0.15) is 0 Å². The number of hydrogen-bond acceptors (Lipinski definition) is 4. The fourth-order valence-electron chi connectivity index (χ4n) is 8.31. The van der Waals surface area contributed by atoms with Crippen LogP contribution in [0.5, 0.6) is 0 Å². The average molecular weight is 675 g/mol. The maximum absolute atomic E-state index is 6.26. The van der Waals surface area contributed by atoms with E-state index in [-0.39, 0.29) is 10.8 Å². The quantitative estimate of drug-likeness (QED) is 0.186. The number of aromatic nitrogens is 4. The van der Waals surface area contributed by atoms with E-state index in [2.05, 4.69) is 111 Å². The highest BCUT2D eigenvalue weighted by molar-refractivity contribution is 6.10. The van der Waals surface area contributed by atoms with Gasteiger partial charge in [0.15, 0.2) is 17.5 Å². The molecule has 0 unspecified atom stereocenters. The van der Waals surface area contributed by atoms with Gasteiger partial charge in [-0.05, 0) is 83.3 Å². The summed E-state index contributed by atoms with van der Waals surface area (Å²) in [5, 5.41) is 4.73. The highest BCUT2D eigenvalue weighted by atomic mass is 16.3. The number of furan rings is 1. The SMILES string of the molecule is CC1(C)CCC(C)(C)c2cc3c(cc21)c1ccccc1n3-c1cccc(-c2nc(-c3ccccc3)nc(-c3ccc4c(c3)oc3ccccc34)n2)c1. The lowest BCUT2D eigenvalue weighted by molar-refractivity contribution is 0.332. The van der Waals surface area contributed by atoms with Gasteiger partial charge < -0.3 is 8.98 Å². The third kappa shape index (κ3) is 4.80. The van der Waals surface area contributed by atoms with E-state index in [1.54, 1.807) is 0 Å². The van der Waals surface area contributed by atoms with Crippen LogP contribution in [0.25, 0.3) is 83.6 Å². The zero-order chi connectivity index (χ0) is 35.2. The summed E-state index contributed by atoms with van der Waals surface area (Å²) in [6, 6.07) is 46.9. The Bertz CT molecular complexity index is 2860. The Balaban J connectivity index is 1.17. The molecule has 0 saturated carbocycles. The fraction of sp³-hybridized carbons (Fsp3) is 0.170. The van der Waals surface area contributed by atoms with Crippen LogP contribution in [0.15, 0.2) is 138 Å². The lowest BCUT2D eigenvalue weighted by Crippen LogP contribution is -2.33. The van der Waals surface area contributed by atoms with Crippen molar-refractivity contribution in [3.63, 3.8) is 0 Å². The van der Waals surface area contributed by atoms with Crippen molar-refractivity contribution in [3.05, 3.63) is 145 Å². The molecule has 5 nitrogen and oxygen atoms in total. The van der Waals surface area contributed by atoms with Crippen LogP contribution >= 0.6 is 0 Å². The smallest absolute Gasteiger partial charge is 0.164 e. The van der Waals surface area contributed by atoms with Crippen LogP contribution in [0.1, 0.15) is 51.7 Å². The van der Waals surface area contributed by atoms with Crippen LogP contribution < -0.4 is 0 Å². The van der Waals surface area contributed by atoms with Gasteiger partial charge in [0.05, 0.1) is 11.0 Å². The molecule has 252 valence electrons. The van der Waals surface area contributed by atoms with Gasteiger partial charge in [-0.15, -0.1) is 0 Å². The van der Waals surface area contributed by atoms with E-state index in [0.29, 0.717) is 17.5 Å². The van der Waals surface area contributed by atoms with Gasteiger partial charge in [-0.1, -0.05) is 113 Å². The molecule has 9 aromatic rings. The molecule has 0 radical (unpaired) electrons. The van der Waals surface area contributed by atoms with Crippen molar-refractivity contribution in [2.24, 2.45) is 0 Å². The summed E-state index contributed by atoms with van der Waals surface area (Å²) in [5.41, 5.74) is 11.1. The molecule has 3 aromatic heterocycles. The van der Waals surface area contributed by atoms with Gasteiger partial charge >= 0.3 is 0 Å². The van der Waals surface area contributed by atoms with Crippen molar-refractivity contribution >= 4 is 43.7 Å². The summed E-state index contributed by atoms with van der Waals surface area (Å²) in [6.45, 7) is 9.60. The Morgan fingerprint density at radius 3 is 1.83 bits per heavy atom. The predicted molar refractivity (Wildman–Crippen MR) is 213 cm³/mol. The van der Waals surface area contributed by atoms with Gasteiger partial charge in [0, 0.05) is 43.9 Å². The molecule has 0 spiro atoms. The molecule has 0 N–H and O–H groups in total. The highest BCUT2D eigenvalue weighted by Crippen LogP contribution is 2.48. The molecule has 0 bridgehead atoms. The van der Waals surface area contributed by atoms with Crippen LogP contribution in [0, 0.1) is 0 Å². The Hall–Kier alpha value is -6.07. The summed E-state index contributed by atoms with van der Waals surface area (Å²) in [5.74, 6) is 1.85. The first-order valence-electron chi connectivity index (χ1n) is 18.2. The largest absolute Gasteiger partial charge is 0.456 e. The Labute approximate surface area is 302 Å². The molecule has 0 aliphatic heterocycles. The number of hydrogen-bond donors (Lipinski definition) is 0.